The summed E-state index contributed by atoms with van der Waals surface area (Å²) in [5.74, 6) is -0.0559. The van der Waals surface area contributed by atoms with Gasteiger partial charge in [-0.3, -0.25) is 14.2 Å². The number of hydrogen-bond donors (Lipinski definition) is 1. The number of thiophene rings is 1. The summed E-state index contributed by atoms with van der Waals surface area (Å²) in [5.41, 5.74) is 0.500. The standard InChI is InChI=1S/C21H27N3O4S/c1-12-16-19(23-15-10-7-11-24(15)20(16)26)29-17(12)21(27)28-13(2)18(25)22-14-8-5-3-4-6-9-14/h13-14H,3-11H2,1-2H3,(H,22,25)/t13-/m0/s1. The Hall–Kier alpha value is -2.22. The van der Waals surface area contributed by atoms with Gasteiger partial charge < -0.3 is 10.1 Å². The van der Waals surface area contributed by atoms with Gasteiger partial charge in [-0.1, -0.05) is 25.7 Å². The second-order valence-electron chi connectivity index (χ2n) is 8.07. The van der Waals surface area contributed by atoms with Crippen LogP contribution in [-0.4, -0.2) is 33.6 Å². The molecule has 4 rings (SSSR count). The molecule has 0 radical (unpaired) electrons. The Kier molecular flexibility index (Phi) is 5.72. The van der Waals surface area contributed by atoms with Crippen molar-refractivity contribution in [2.75, 3.05) is 0 Å². The molecule has 0 bridgehead atoms. The van der Waals surface area contributed by atoms with Gasteiger partial charge in [0.05, 0.1) is 5.39 Å². The summed E-state index contributed by atoms with van der Waals surface area (Å²) >= 11 is 1.17. The minimum atomic E-state index is -0.880. The van der Waals surface area contributed by atoms with Crippen LogP contribution in [0.2, 0.25) is 0 Å². The first-order valence-electron chi connectivity index (χ1n) is 10.5. The molecule has 7 nitrogen and oxygen atoms in total. The van der Waals surface area contributed by atoms with Gasteiger partial charge in [0.2, 0.25) is 0 Å². The maximum atomic E-state index is 12.8. The fourth-order valence-corrected chi connectivity index (χ4v) is 5.35. The van der Waals surface area contributed by atoms with E-state index in [1.54, 1.807) is 18.4 Å². The van der Waals surface area contributed by atoms with Crippen LogP contribution in [0, 0.1) is 6.92 Å². The van der Waals surface area contributed by atoms with Crippen LogP contribution in [0.3, 0.4) is 0 Å². The second-order valence-corrected chi connectivity index (χ2v) is 9.07. The van der Waals surface area contributed by atoms with Crippen LogP contribution >= 0.6 is 11.3 Å². The number of aromatic nitrogens is 2. The normalized spacial score (nSPS) is 18.3. The molecule has 2 aromatic heterocycles. The third kappa shape index (κ3) is 3.95. The fraction of sp³-hybridized carbons (Fsp3) is 0.619. The van der Waals surface area contributed by atoms with Gasteiger partial charge in [-0.05, 0) is 38.7 Å². The lowest BCUT2D eigenvalue weighted by molar-refractivity contribution is -0.129. The third-order valence-electron chi connectivity index (χ3n) is 5.95. The van der Waals surface area contributed by atoms with Crippen molar-refractivity contribution in [2.24, 2.45) is 0 Å². The van der Waals surface area contributed by atoms with Gasteiger partial charge in [0.1, 0.15) is 15.5 Å². The molecule has 1 saturated carbocycles. The Morgan fingerprint density at radius 3 is 2.66 bits per heavy atom. The van der Waals surface area contributed by atoms with E-state index in [1.807, 2.05) is 0 Å². The van der Waals surface area contributed by atoms with Gasteiger partial charge in [-0.25, -0.2) is 9.78 Å². The van der Waals surface area contributed by atoms with Crippen LogP contribution in [-0.2, 0) is 22.5 Å². The molecule has 1 N–H and O–H groups in total. The smallest absolute Gasteiger partial charge is 0.349 e. The monoisotopic (exact) mass is 417 g/mol. The first kappa shape index (κ1) is 20.1. The minimum absolute atomic E-state index is 0.0885. The zero-order chi connectivity index (χ0) is 20.5. The molecule has 8 heteroatoms. The number of amides is 1. The predicted octanol–water partition coefficient (Wildman–Crippen LogP) is 3.10. The van der Waals surface area contributed by atoms with Crippen LogP contribution in [0.15, 0.2) is 4.79 Å². The van der Waals surface area contributed by atoms with Crippen molar-refractivity contribution in [2.45, 2.75) is 83.9 Å². The van der Waals surface area contributed by atoms with Gasteiger partial charge >= 0.3 is 5.97 Å². The Morgan fingerprint density at radius 2 is 1.93 bits per heavy atom. The molecule has 0 unspecified atom stereocenters. The molecule has 1 aliphatic heterocycles. The quantitative estimate of drug-likeness (QED) is 0.610. The van der Waals surface area contributed by atoms with Gasteiger partial charge in [0.25, 0.3) is 11.5 Å². The maximum absolute atomic E-state index is 12.8. The highest BCUT2D eigenvalue weighted by atomic mass is 32.1. The van der Waals surface area contributed by atoms with Crippen LogP contribution in [0.25, 0.3) is 10.2 Å². The Morgan fingerprint density at radius 1 is 1.21 bits per heavy atom. The summed E-state index contributed by atoms with van der Waals surface area (Å²) < 4.78 is 7.14. The molecule has 3 heterocycles. The van der Waals surface area contributed by atoms with E-state index in [0.29, 0.717) is 27.2 Å². The molecule has 0 saturated heterocycles. The average Bonchev–Trinajstić information content (AvgIpc) is 3.19. The van der Waals surface area contributed by atoms with Crippen molar-refractivity contribution < 1.29 is 14.3 Å². The summed E-state index contributed by atoms with van der Waals surface area (Å²) in [7, 11) is 0. The molecular formula is C21H27N3O4S. The van der Waals surface area contributed by atoms with E-state index in [2.05, 4.69) is 10.3 Å². The topological polar surface area (TPSA) is 90.3 Å². The number of esters is 1. The first-order chi connectivity index (χ1) is 14.0. The molecular weight excluding hydrogens is 390 g/mol. The lowest BCUT2D eigenvalue weighted by Crippen LogP contribution is -2.41. The van der Waals surface area contributed by atoms with E-state index < -0.39 is 12.1 Å². The number of fused-ring (bicyclic) bond motifs is 2. The molecule has 0 spiro atoms. The summed E-state index contributed by atoms with van der Waals surface area (Å²) in [5, 5.41) is 3.51. The average molecular weight is 418 g/mol. The maximum Gasteiger partial charge on any atom is 0.349 e. The van der Waals surface area contributed by atoms with E-state index in [1.165, 1.54) is 24.2 Å². The minimum Gasteiger partial charge on any atom is -0.448 e. The van der Waals surface area contributed by atoms with Crippen molar-refractivity contribution >= 4 is 33.4 Å². The summed E-state index contributed by atoms with van der Waals surface area (Å²) in [4.78, 5) is 43.5. The Bertz CT molecular complexity index is 1000. The molecule has 156 valence electrons. The van der Waals surface area contributed by atoms with Crippen LogP contribution in [0.4, 0.5) is 0 Å². The fourth-order valence-electron chi connectivity index (χ4n) is 4.28. The van der Waals surface area contributed by atoms with Crippen LogP contribution in [0.5, 0.6) is 0 Å². The zero-order valence-electron chi connectivity index (χ0n) is 17.0. The highest BCUT2D eigenvalue weighted by molar-refractivity contribution is 7.20. The number of aryl methyl sites for hydroxylation is 2. The van der Waals surface area contributed by atoms with Crippen molar-refractivity contribution in [3.63, 3.8) is 0 Å². The SMILES string of the molecule is Cc1c(C(=O)O[C@@H](C)C(=O)NC2CCCCCC2)sc2nc3n(c(=O)c12)CCC3. The number of ether oxygens (including phenoxy) is 1. The first-order valence-corrected chi connectivity index (χ1v) is 11.3. The highest BCUT2D eigenvalue weighted by Crippen LogP contribution is 2.29. The van der Waals surface area contributed by atoms with Gasteiger partial charge in [0, 0.05) is 19.0 Å². The molecule has 2 aliphatic rings. The molecule has 1 aliphatic carbocycles. The van der Waals surface area contributed by atoms with Crippen LogP contribution < -0.4 is 10.9 Å². The van der Waals surface area contributed by atoms with E-state index in [0.717, 1.165) is 44.3 Å². The number of nitrogens with one attached hydrogen (secondary N) is 1. The lowest BCUT2D eigenvalue weighted by Gasteiger charge is -2.19. The summed E-state index contributed by atoms with van der Waals surface area (Å²) in [6.45, 7) is 4.01. The Labute approximate surface area is 173 Å². The highest BCUT2D eigenvalue weighted by Gasteiger charge is 2.27. The van der Waals surface area contributed by atoms with E-state index >= 15 is 0 Å². The van der Waals surface area contributed by atoms with E-state index in [9.17, 15) is 14.4 Å². The number of rotatable bonds is 4. The lowest BCUT2D eigenvalue weighted by atomic mass is 10.1. The van der Waals surface area contributed by atoms with Gasteiger partial charge in [0.15, 0.2) is 6.10 Å². The molecule has 1 atom stereocenters. The Balaban J connectivity index is 1.48. The summed E-state index contributed by atoms with van der Waals surface area (Å²) in [6.07, 6.45) is 7.42. The number of carbonyl (C=O) groups is 2. The number of hydrogen-bond acceptors (Lipinski definition) is 6. The molecule has 29 heavy (non-hydrogen) atoms. The molecule has 2 aromatic rings. The molecule has 1 fully saturated rings. The molecule has 0 aromatic carbocycles. The molecule has 1 amide bonds. The van der Waals surface area contributed by atoms with Gasteiger partial charge in [-0.15, -0.1) is 11.3 Å². The van der Waals surface area contributed by atoms with Gasteiger partial charge in [-0.2, -0.15) is 0 Å². The second kappa shape index (κ2) is 8.26. The van der Waals surface area contributed by atoms with Crippen molar-refractivity contribution in [1.82, 2.24) is 14.9 Å². The number of carbonyl (C=O) groups excluding carboxylic acids is 2. The summed E-state index contributed by atoms with van der Waals surface area (Å²) in [6, 6.07) is 0.156. The third-order valence-corrected chi connectivity index (χ3v) is 7.12. The van der Waals surface area contributed by atoms with Crippen LogP contribution in [0.1, 0.15) is 72.9 Å². The largest absolute Gasteiger partial charge is 0.448 e. The van der Waals surface area contributed by atoms with Crippen molar-refractivity contribution in [3.8, 4) is 0 Å². The van der Waals surface area contributed by atoms with E-state index in [-0.39, 0.29) is 17.5 Å². The zero-order valence-corrected chi connectivity index (χ0v) is 17.8. The predicted molar refractivity (Wildman–Crippen MR) is 111 cm³/mol. The van der Waals surface area contributed by atoms with Crippen molar-refractivity contribution in [1.29, 1.82) is 0 Å². The van der Waals surface area contributed by atoms with E-state index in [4.69, 9.17) is 4.74 Å². The number of nitrogens with zero attached hydrogens (tertiary/aromatic N) is 2. The van der Waals surface area contributed by atoms with Crippen molar-refractivity contribution in [3.05, 3.63) is 26.6 Å².